The van der Waals surface area contributed by atoms with Crippen LogP contribution in [0.4, 0.5) is 10.1 Å². The minimum atomic E-state index is -0.908. The highest BCUT2D eigenvalue weighted by molar-refractivity contribution is 8.00. The third kappa shape index (κ3) is 6.33. The molecule has 190 valence electrons. The molecule has 2 aromatic rings. The van der Waals surface area contributed by atoms with Gasteiger partial charge < -0.3 is 9.47 Å². The summed E-state index contributed by atoms with van der Waals surface area (Å²) in [5.74, 6) is -3.75. The lowest BCUT2D eigenvalue weighted by molar-refractivity contribution is -0.139. The van der Waals surface area contributed by atoms with Crippen LogP contribution < -0.4 is 4.90 Å². The molecule has 3 rings (SSSR count). The van der Waals surface area contributed by atoms with Crippen LogP contribution >= 0.6 is 23.4 Å². The summed E-state index contributed by atoms with van der Waals surface area (Å²) in [7, 11) is 1.23. The number of imide groups is 1. The summed E-state index contributed by atoms with van der Waals surface area (Å²) < 4.78 is 25.0. The second-order valence-electron chi connectivity index (χ2n) is 7.80. The third-order valence-electron chi connectivity index (χ3n) is 5.49. The number of rotatable bonds is 8. The lowest BCUT2D eigenvalue weighted by Crippen LogP contribution is -2.40. The standard InChI is InChI=1S/C26H25ClFNO6S/c1-3-35-26(33)18-12-8-7-11-17(18)25(32)29(24(31)16-9-5-4-6-10-16)21-14-22(19(27)13-20(21)28)36-15-23(30)34-2/h4-6,9-10,13-14H,3,7-8,11-12,15H2,1-2H3. The van der Waals surface area contributed by atoms with Crippen molar-refractivity contribution in [1.82, 2.24) is 0 Å². The van der Waals surface area contributed by atoms with E-state index in [1.165, 1.54) is 25.3 Å². The van der Waals surface area contributed by atoms with Crippen LogP contribution in [0, 0.1) is 5.82 Å². The van der Waals surface area contributed by atoms with Crippen molar-refractivity contribution in [3.05, 3.63) is 70.0 Å². The normalized spacial score (nSPS) is 13.2. The Bertz CT molecular complexity index is 1200. The lowest BCUT2D eigenvalue weighted by atomic mass is 9.90. The third-order valence-corrected chi connectivity index (χ3v) is 6.94. The van der Waals surface area contributed by atoms with E-state index in [-0.39, 0.29) is 51.1 Å². The maximum atomic E-state index is 15.3. The minimum Gasteiger partial charge on any atom is -0.468 e. The van der Waals surface area contributed by atoms with Gasteiger partial charge in [-0.05, 0) is 56.9 Å². The van der Waals surface area contributed by atoms with E-state index in [2.05, 4.69) is 4.74 Å². The molecule has 1 aliphatic rings. The Labute approximate surface area is 217 Å². The number of carbonyl (C=O) groups is 4. The number of hydrogen-bond donors (Lipinski definition) is 0. The summed E-state index contributed by atoms with van der Waals surface area (Å²) in [4.78, 5) is 52.6. The molecule has 2 aromatic carbocycles. The summed E-state index contributed by atoms with van der Waals surface area (Å²) in [5, 5.41) is 0.00815. The molecule has 0 radical (unpaired) electrons. The Morgan fingerprint density at radius 3 is 2.33 bits per heavy atom. The van der Waals surface area contributed by atoms with Gasteiger partial charge in [-0.25, -0.2) is 14.1 Å². The van der Waals surface area contributed by atoms with Gasteiger partial charge in [-0.15, -0.1) is 11.8 Å². The Kier molecular flexibility index (Phi) is 9.66. The van der Waals surface area contributed by atoms with Crippen LogP contribution in [0.1, 0.15) is 43.0 Å². The zero-order valence-corrected chi connectivity index (χ0v) is 21.4. The maximum absolute atomic E-state index is 15.3. The summed E-state index contributed by atoms with van der Waals surface area (Å²) in [6, 6.07) is 10.2. The molecule has 0 bridgehead atoms. The molecule has 0 unspecified atom stereocenters. The average Bonchev–Trinajstić information content (AvgIpc) is 2.89. The fourth-order valence-electron chi connectivity index (χ4n) is 3.74. The van der Waals surface area contributed by atoms with Crippen LogP contribution in [0.25, 0.3) is 0 Å². The van der Waals surface area contributed by atoms with Crippen LogP contribution in [-0.4, -0.2) is 43.2 Å². The summed E-state index contributed by atoms with van der Waals surface area (Å²) in [5.41, 5.74) is 0.112. The van der Waals surface area contributed by atoms with E-state index in [9.17, 15) is 19.2 Å². The second kappa shape index (κ2) is 12.7. The molecule has 0 aromatic heterocycles. The molecule has 10 heteroatoms. The Hall–Kier alpha value is -3.17. The Morgan fingerprint density at radius 2 is 1.69 bits per heavy atom. The maximum Gasteiger partial charge on any atom is 0.334 e. The molecule has 7 nitrogen and oxygen atoms in total. The van der Waals surface area contributed by atoms with Crippen LogP contribution in [0.2, 0.25) is 5.02 Å². The first-order chi connectivity index (χ1) is 17.3. The summed E-state index contributed by atoms with van der Waals surface area (Å²) in [6.45, 7) is 1.79. The van der Waals surface area contributed by atoms with E-state index in [0.717, 1.165) is 22.7 Å². The summed E-state index contributed by atoms with van der Waals surface area (Å²) >= 11 is 7.16. The van der Waals surface area contributed by atoms with E-state index in [1.54, 1.807) is 25.1 Å². The molecular weight excluding hydrogens is 509 g/mol. The largest absolute Gasteiger partial charge is 0.468 e. The SMILES string of the molecule is CCOC(=O)C1=C(C(=O)N(C(=O)c2ccccc2)c2cc(SCC(=O)OC)c(Cl)cc2F)CCCC1. The van der Waals surface area contributed by atoms with Crippen molar-refractivity contribution in [2.24, 2.45) is 0 Å². The van der Waals surface area contributed by atoms with E-state index in [0.29, 0.717) is 19.3 Å². The number of halogens is 2. The van der Waals surface area contributed by atoms with Crippen molar-refractivity contribution in [2.75, 3.05) is 24.4 Å². The summed E-state index contributed by atoms with van der Waals surface area (Å²) in [6.07, 6.45) is 1.86. The van der Waals surface area contributed by atoms with Gasteiger partial charge in [-0.2, -0.15) is 0 Å². The van der Waals surface area contributed by atoms with Gasteiger partial charge in [0, 0.05) is 21.6 Å². The number of hydrogen-bond acceptors (Lipinski definition) is 7. The van der Waals surface area contributed by atoms with Crippen LogP contribution in [0.5, 0.6) is 0 Å². The number of amides is 2. The average molecular weight is 534 g/mol. The predicted molar refractivity (Wildman–Crippen MR) is 135 cm³/mol. The van der Waals surface area contributed by atoms with Gasteiger partial charge in [0.2, 0.25) is 0 Å². The van der Waals surface area contributed by atoms with Gasteiger partial charge in [-0.1, -0.05) is 29.8 Å². The fraction of sp³-hybridized carbons (Fsp3) is 0.308. The quantitative estimate of drug-likeness (QED) is 0.256. The molecule has 1 aliphatic carbocycles. The smallest absolute Gasteiger partial charge is 0.334 e. The first-order valence-electron chi connectivity index (χ1n) is 11.3. The number of esters is 2. The van der Waals surface area contributed by atoms with E-state index < -0.39 is 29.6 Å². The van der Waals surface area contributed by atoms with Crippen molar-refractivity contribution in [1.29, 1.82) is 0 Å². The zero-order valence-electron chi connectivity index (χ0n) is 19.8. The number of ether oxygens (including phenoxy) is 2. The Morgan fingerprint density at radius 1 is 1.03 bits per heavy atom. The molecule has 0 heterocycles. The van der Waals surface area contributed by atoms with E-state index >= 15 is 4.39 Å². The van der Waals surface area contributed by atoms with Gasteiger partial charge in [0.15, 0.2) is 0 Å². The lowest BCUT2D eigenvalue weighted by Gasteiger charge is -2.26. The van der Waals surface area contributed by atoms with Crippen molar-refractivity contribution >= 4 is 52.8 Å². The molecule has 0 saturated carbocycles. The van der Waals surface area contributed by atoms with Crippen molar-refractivity contribution in [2.45, 2.75) is 37.5 Å². The monoisotopic (exact) mass is 533 g/mol. The van der Waals surface area contributed by atoms with Gasteiger partial charge in [0.1, 0.15) is 5.82 Å². The molecule has 36 heavy (non-hydrogen) atoms. The zero-order chi connectivity index (χ0) is 26.2. The molecule has 0 N–H and O–H groups in total. The van der Waals surface area contributed by atoms with Gasteiger partial charge in [0.25, 0.3) is 11.8 Å². The van der Waals surface area contributed by atoms with Crippen LogP contribution in [0.15, 0.2) is 58.5 Å². The molecule has 0 spiro atoms. The van der Waals surface area contributed by atoms with Crippen molar-refractivity contribution < 1.29 is 33.0 Å². The molecule has 0 saturated heterocycles. The van der Waals surface area contributed by atoms with Crippen molar-refractivity contribution in [3.8, 4) is 0 Å². The highest BCUT2D eigenvalue weighted by Gasteiger charge is 2.34. The predicted octanol–water partition coefficient (Wildman–Crippen LogP) is 5.35. The van der Waals surface area contributed by atoms with Crippen LogP contribution in [-0.2, 0) is 23.9 Å². The number of methoxy groups -OCH3 is 1. The van der Waals surface area contributed by atoms with Crippen LogP contribution in [0.3, 0.4) is 0 Å². The van der Waals surface area contributed by atoms with Crippen molar-refractivity contribution in [3.63, 3.8) is 0 Å². The van der Waals surface area contributed by atoms with Gasteiger partial charge in [-0.3, -0.25) is 14.4 Å². The molecule has 0 atom stereocenters. The topological polar surface area (TPSA) is 90.0 Å². The number of benzene rings is 2. The molecule has 0 fully saturated rings. The highest BCUT2D eigenvalue weighted by Crippen LogP contribution is 2.36. The molecule has 0 aliphatic heterocycles. The number of carbonyl (C=O) groups excluding carboxylic acids is 4. The first kappa shape index (κ1) is 27.4. The molecule has 2 amide bonds. The molecular formula is C26H25ClFNO6S. The van der Waals surface area contributed by atoms with E-state index in [4.69, 9.17) is 16.3 Å². The van der Waals surface area contributed by atoms with Gasteiger partial charge in [0.05, 0.1) is 30.2 Å². The number of anilines is 1. The fourth-order valence-corrected chi connectivity index (χ4v) is 4.83. The minimum absolute atomic E-state index is 0.00815. The first-order valence-corrected chi connectivity index (χ1v) is 12.7. The van der Waals surface area contributed by atoms with E-state index in [1.807, 2.05) is 0 Å². The van der Waals surface area contributed by atoms with Gasteiger partial charge >= 0.3 is 11.9 Å². The second-order valence-corrected chi connectivity index (χ2v) is 9.22. The number of thioether (sulfide) groups is 1. The number of nitrogens with zero attached hydrogens (tertiary/aromatic N) is 1. The Balaban J connectivity index is 2.15. The highest BCUT2D eigenvalue weighted by atomic mass is 35.5.